The van der Waals surface area contributed by atoms with E-state index < -0.39 is 0 Å². The quantitative estimate of drug-likeness (QED) is 0.473. The summed E-state index contributed by atoms with van der Waals surface area (Å²) in [4.78, 5) is 25.0. The number of benzene rings is 2. The van der Waals surface area contributed by atoms with E-state index in [0.717, 1.165) is 28.1 Å². The molecule has 1 saturated heterocycles. The van der Waals surface area contributed by atoms with Crippen molar-refractivity contribution in [3.8, 4) is 33.8 Å². The normalized spacial score (nSPS) is 16.1. The molecule has 0 spiro atoms. The van der Waals surface area contributed by atoms with Crippen LogP contribution in [-0.2, 0) is 11.8 Å². The summed E-state index contributed by atoms with van der Waals surface area (Å²) in [6, 6.07) is 25.9. The first-order valence-corrected chi connectivity index (χ1v) is 11.2. The van der Waals surface area contributed by atoms with Crippen molar-refractivity contribution in [1.29, 1.82) is 0 Å². The molecule has 6 heteroatoms. The van der Waals surface area contributed by atoms with E-state index in [2.05, 4.69) is 11.8 Å². The van der Waals surface area contributed by atoms with Crippen LogP contribution in [0.2, 0.25) is 0 Å². The molecule has 33 heavy (non-hydrogen) atoms. The van der Waals surface area contributed by atoms with Gasteiger partial charge in [-0.3, -0.25) is 9.36 Å². The third kappa shape index (κ3) is 4.30. The number of aromatic nitrogens is 3. The molecule has 4 aromatic rings. The Morgan fingerprint density at radius 3 is 1.97 bits per heavy atom. The molecule has 1 atom stereocenters. The number of hydrogen-bond acceptors (Lipinski definition) is 5. The van der Waals surface area contributed by atoms with Gasteiger partial charge in [-0.2, -0.15) is 0 Å². The Balaban J connectivity index is 1.68. The summed E-state index contributed by atoms with van der Waals surface area (Å²) in [6.45, 7) is 4.03. The summed E-state index contributed by atoms with van der Waals surface area (Å²) in [5.41, 5.74) is 5.13. The van der Waals surface area contributed by atoms with Gasteiger partial charge in [0, 0.05) is 36.3 Å². The fraction of sp³-hybridized carbons (Fsp3) is 0.222. The van der Waals surface area contributed by atoms with Crippen molar-refractivity contribution in [2.24, 2.45) is 7.05 Å². The minimum Gasteiger partial charge on any atom is -0.377 e. The first-order chi connectivity index (χ1) is 16.1. The molecule has 0 N–H and O–H groups in total. The van der Waals surface area contributed by atoms with Gasteiger partial charge in [-0.1, -0.05) is 60.7 Å². The Labute approximate surface area is 193 Å². The Bertz CT molecular complexity index is 1260. The number of ether oxygens (including phenoxy) is 1. The van der Waals surface area contributed by atoms with Gasteiger partial charge < -0.3 is 9.64 Å². The Kier molecular flexibility index (Phi) is 5.75. The fourth-order valence-electron chi connectivity index (χ4n) is 4.15. The number of nitrogens with zero attached hydrogens (tertiary/aromatic N) is 4. The molecule has 2 aromatic heterocycles. The van der Waals surface area contributed by atoms with Crippen LogP contribution in [0.15, 0.2) is 83.7 Å². The predicted octanol–water partition coefficient (Wildman–Crippen LogP) is 4.40. The molecule has 0 amide bonds. The van der Waals surface area contributed by atoms with Crippen molar-refractivity contribution < 1.29 is 4.74 Å². The molecule has 0 radical (unpaired) electrons. The minimum absolute atomic E-state index is 0.0898. The van der Waals surface area contributed by atoms with Crippen molar-refractivity contribution >= 4 is 5.95 Å². The highest BCUT2D eigenvalue weighted by Crippen LogP contribution is 2.30. The number of rotatable bonds is 4. The summed E-state index contributed by atoms with van der Waals surface area (Å²) in [6.07, 6.45) is 0. The molecular formula is C27H26N4O2. The molecule has 1 aliphatic heterocycles. The van der Waals surface area contributed by atoms with Crippen molar-refractivity contribution in [3.63, 3.8) is 0 Å². The lowest BCUT2D eigenvalue weighted by atomic mass is 10.0. The summed E-state index contributed by atoms with van der Waals surface area (Å²) < 4.78 is 7.20. The smallest absolute Gasteiger partial charge is 0.255 e. The molecule has 0 bridgehead atoms. The highest BCUT2D eigenvalue weighted by Gasteiger charge is 2.23. The third-order valence-corrected chi connectivity index (χ3v) is 6.00. The van der Waals surface area contributed by atoms with Crippen LogP contribution < -0.4 is 10.5 Å². The molecule has 166 valence electrons. The lowest BCUT2D eigenvalue weighted by molar-refractivity contribution is 0.0976. The summed E-state index contributed by atoms with van der Waals surface area (Å²) >= 11 is 0. The van der Waals surface area contributed by atoms with Crippen molar-refractivity contribution in [2.75, 3.05) is 24.7 Å². The first kappa shape index (κ1) is 21.1. The lowest BCUT2D eigenvalue weighted by Gasteiger charge is -2.35. The maximum atomic E-state index is 12.9. The van der Waals surface area contributed by atoms with Crippen molar-refractivity contribution in [3.05, 3.63) is 89.2 Å². The zero-order valence-corrected chi connectivity index (χ0v) is 18.8. The lowest BCUT2D eigenvalue weighted by Crippen LogP contribution is -2.46. The maximum absolute atomic E-state index is 12.9. The zero-order valence-electron chi connectivity index (χ0n) is 18.8. The molecule has 1 fully saturated rings. The van der Waals surface area contributed by atoms with Gasteiger partial charge in [0.15, 0.2) is 0 Å². The monoisotopic (exact) mass is 438 g/mol. The van der Waals surface area contributed by atoms with Crippen LogP contribution in [0.4, 0.5) is 5.95 Å². The Morgan fingerprint density at radius 2 is 1.39 bits per heavy atom. The molecule has 3 heterocycles. The van der Waals surface area contributed by atoms with E-state index in [4.69, 9.17) is 14.7 Å². The van der Waals surface area contributed by atoms with Crippen molar-refractivity contribution in [1.82, 2.24) is 14.5 Å². The van der Waals surface area contributed by atoms with E-state index in [-0.39, 0.29) is 11.6 Å². The van der Waals surface area contributed by atoms with Crippen LogP contribution in [0.25, 0.3) is 33.8 Å². The third-order valence-electron chi connectivity index (χ3n) is 6.00. The molecule has 0 unspecified atom stereocenters. The second-order valence-electron chi connectivity index (χ2n) is 8.31. The molecule has 6 nitrogen and oxygen atoms in total. The van der Waals surface area contributed by atoms with Crippen LogP contribution in [0, 0.1) is 0 Å². The van der Waals surface area contributed by atoms with E-state index in [1.165, 1.54) is 0 Å². The SMILES string of the molecule is C[C@@H]1COCCN1c1nc(-c2cc(-c3ccccc3)nc(-c3ccccc3)c2)cc(=O)n1C. The van der Waals surface area contributed by atoms with Crippen LogP contribution in [0.5, 0.6) is 0 Å². The highest BCUT2D eigenvalue weighted by atomic mass is 16.5. The summed E-state index contributed by atoms with van der Waals surface area (Å²) in [5, 5.41) is 0. The molecule has 1 aliphatic rings. The summed E-state index contributed by atoms with van der Waals surface area (Å²) in [5.74, 6) is 0.660. The number of pyridine rings is 1. The Morgan fingerprint density at radius 1 is 0.818 bits per heavy atom. The van der Waals surface area contributed by atoms with Gasteiger partial charge in [0.1, 0.15) is 0 Å². The largest absolute Gasteiger partial charge is 0.377 e. The van der Waals surface area contributed by atoms with Gasteiger partial charge >= 0.3 is 0 Å². The van der Waals surface area contributed by atoms with E-state index >= 15 is 0 Å². The zero-order chi connectivity index (χ0) is 22.8. The fourth-order valence-corrected chi connectivity index (χ4v) is 4.15. The second kappa shape index (κ2) is 9.00. The van der Waals surface area contributed by atoms with Gasteiger partial charge in [-0.15, -0.1) is 0 Å². The molecule has 0 aliphatic carbocycles. The van der Waals surface area contributed by atoms with E-state index in [1.807, 2.05) is 72.8 Å². The van der Waals surface area contributed by atoms with Crippen LogP contribution in [-0.4, -0.2) is 40.3 Å². The van der Waals surface area contributed by atoms with Crippen molar-refractivity contribution in [2.45, 2.75) is 13.0 Å². The van der Waals surface area contributed by atoms with Gasteiger partial charge in [0.2, 0.25) is 5.95 Å². The number of hydrogen-bond donors (Lipinski definition) is 0. The van der Waals surface area contributed by atoms with Gasteiger partial charge in [0.05, 0.1) is 36.3 Å². The van der Waals surface area contributed by atoms with Gasteiger partial charge in [-0.05, 0) is 19.1 Å². The van der Waals surface area contributed by atoms with Gasteiger partial charge in [0.25, 0.3) is 5.56 Å². The van der Waals surface area contributed by atoms with Gasteiger partial charge in [-0.25, -0.2) is 9.97 Å². The van der Waals surface area contributed by atoms with E-state index in [0.29, 0.717) is 31.4 Å². The predicted molar refractivity (Wildman–Crippen MR) is 131 cm³/mol. The summed E-state index contributed by atoms with van der Waals surface area (Å²) in [7, 11) is 1.77. The van der Waals surface area contributed by atoms with E-state index in [9.17, 15) is 4.79 Å². The molecular weight excluding hydrogens is 412 g/mol. The molecule has 0 saturated carbocycles. The van der Waals surface area contributed by atoms with E-state index in [1.54, 1.807) is 17.7 Å². The topological polar surface area (TPSA) is 60.2 Å². The average molecular weight is 439 g/mol. The maximum Gasteiger partial charge on any atom is 0.255 e. The number of morpholine rings is 1. The first-order valence-electron chi connectivity index (χ1n) is 11.2. The van der Waals surface area contributed by atoms with Crippen LogP contribution >= 0.6 is 0 Å². The minimum atomic E-state index is -0.0898. The highest BCUT2D eigenvalue weighted by molar-refractivity contribution is 5.75. The van der Waals surface area contributed by atoms with Crippen LogP contribution in [0.1, 0.15) is 6.92 Å². The van der Waals surface area contributed by atoms with Crippen LogP contribution in [0.3, 0.4) is 0 Å². The average Bonchev–Trinajstić information content (AvgIpc) is 2.87. The standard InChI is InChI=1S/C27H26N4O2/c1-19-18-33-14-13-31(19)27-29-25(17-26(32)30(27)2)22-15-23(20-9-5-3-6-10-20)28-24(16-22)21-11-7-4-8-12-21/h3-12,15-17,19H,13-14,18H2,1-2H3/t19-/m1/s1. The Hall–Kier alpha value is -3.77. The second-order valence-corrected chi connectivity index (χ2v) is 8.31. The molecule has 2 aromatic carbocycles. The number of anilines is 1. The molecule has 5 rings (SSSR count).